The zero-order valence-corrected chi connectivity index (χ0v) is 16.1. The number of hydrogen-bond donors (Lipinski definition) is 2. The van der Waals surface area contributed by atoms with Crippen LogP contribution in [-0.2, 0) is 6.54 Å². The summed E-state index contributed by atoms with van der Waals surface area (Å²) in [7, 11) is 1.64. The topological polar surface area (TPSA) is 33.3 Å². The van der Waals surface area contributed by atoms with Crippen LogP contribution in [-0.4, -0.2) is 19.2 Å². The first-order valence-electron chi connectivity index (χ1n) is 10.0. The van der Waals surface area contributed by atoms with Crippen molar-refractivity contribution < 1.29 is 9.13 Å². The predicted molar refractivity (Wildman–Crippen MR) is 106 cm³/mol. The van der Waals surface area contributed by atoms with E-state index >= 15 is 0 Å². The van der Waals surface area contributed by atoms with Crippen molar-refractivity contribution in [3.05, 3.63) is 65.5 Å². The van der Waals surface area contributed by atoms with Gasteiger partial charge in [0.05, 0.1) is 7.11 Å². The quantitative estimate of drug-likeness (QED) is 0.818. The predicted octanol–water partition coefficient (Wildman–Crippen LogP) is 4.44. The molecule has 0 amide bonds. The zero-order valence-electron chi connectivity index (χ0n) is 16.1. The Morgan fingerprint density at radius 2 is 1.96 bits per heavy atom. The number of nitrogens with one attached hydrogen (secondary N) is 2. The normalized spacial score (nSPS) is 30.1. The standard InChI is InChI=1S/C23H29FN2O/c1-15-8-9-17-13-20(15)26-23(16-6-4-3-5-7-16)22(17)25-14-18-12-19(24)10-11-21(18)27-2/h3-7,10-12,15,17,20,22-23,25-26H,8-9,13-14H2,1-2H3. The highest BCUT2D eigenvalue weighted by atomic mass is 19.1. The second-order valence-corrected chi connectivity index (χ2v) is 8.07. The van der Waals surface area contributed by atoms with Crippen LogP contribution in [0.3, 0.4) is 0 Å². The number of piperidine rings is 1. The van der Waals surface area contributed by atoms with Gasteiger partial charge in [0.2, 0.25) is 0 Å². The van der Waals surface area contributed by atoms with Crippen molar-refractivity contribution in [1.29, 1.82) is 0 Å². The molecule has 5 atom stereocenters. The lowest BCUT2D eigenvalue weighted by atomic mass is 9.69. The Balaban J connectivity index is 1.57. The molecule has 0 radical (unpaired) electrons. The molecule has 0 aromatic heterocycles. The van der Waals surface area contributed by atoms with E-state index in [9.17, 15) is 4.39 Å². The molecule has 1 aliphatic carbocycles. The highest BCUT2D eigenvalue weighted by Crippen LogP contribution is 2.40. The molecule has 2 aromatic carbocycles. The van der Waals surface area contributed by atoms with E-state index in [1.807, 2.05) is 0 Å². The maximum Gasteiger partial charge on any atom is 0.123 e. The van der Waals surface area contributed by atoms with Gasteiger partial charge in [-0.15, -0.1) is 0 Å². The molecule has 3 nitrogen and oxygen atoms in total. The molecule has 0 spiro atoms. The maximum atomic E-state index is 13.7. The van der Waals surface area contributed by atoms with E-state index in [0.717, 1.165) is 17.2 Å². The van der Waals surface area contributed by atoms with Crippen molar-refractivity contribution in [1.82, 2.24) is 10.6 Å². The lowest BCUT2D eigenvalue weighted by Crippen LogP contribution is -2.58. The van der Waals surface area contributed by atoms with Crippen molar-refractivity contribution in [2.75, 3.05) is 7.11 Å². The largest absolute Gasteiger partial charge is 0.496 e. The number of halogens is 1. The average Bonchev–Trinajstić information content (AvgIpc) is 2.70. The van der Waals surface area contributed by atoms with Gasteiger partial charge in [0.25, 0.3) is 0 Å². The van der Waals surface area contributed by atoms with Crippen molar-refractivity contribution in [2.45, 2.75) is 50.9 Å². The van der Waals surface area contributed by atoms with Crippen LogP contribution in [0, 0.1) is 17.7 Å². The Morgan fingerprint density at radius 1 is 1.15 bits per heavy atom. The van der Waals surface area contributed by atoms with Crippen LogP contribution >= 0.6 is 0 Å². The minimum absolute atomic E-state index is 0.222. The fraction of sp³-hybridized carbons (Fsp3) is 0.478. The van der Waals surface area contributed by atoms with Crippen LogP contribution < -0.4 is 15.4 Å². The van der Waals surface area contributed by atoms with Crippen molar-refractivity contribution >= 4 is 0 Å². The molecule has 2 bridgehead atoms. The molecule has 27 heavy (non-hydrogen) atoms. The van der Waals surface area contributed by atoms with E-state index in [1.165, 1.54) is 30.9 Å². The summed E-state index contributed by atoms with van der Waals surface area (Å²) in [5.74, 6) is 1.87. The van der Waals surface area contributed by atoms with E-state index in [1.54, 1.807) is 19.2 Å². The molecule has 2 N–H and O–H groups in total. The highest BCUT2D eigenvalue weighted by Gasteiger charge is 2.42. The Morgan fingerprint density at radius 3 is 2.74 bits per heavy atom. The first-order chi connectivity index (χ1) is 13.2. The van der Waals surface area contributed by atoms with Crippen molar-refractivity contribution in [3.63, 3.8) is 0 Å². The fourth-order valence-corrected chi connectivity index (χ4v) is 4.88. The lowest BCUT2D eigenvalue weighted by Gasteiger charge is -2.49. The molecule has 1 saturated heterocycles. The number of hydrogen-bond acceptors (Lipinski definition) is 3. The molecular weight excluding hydrogens is 339 g/mol. The van der Waals surface area contributed by atoms with Crippen LogP contribution in [0.2, 0.25) is 0 Å². The molecule has 4 heteroatoms. The summed E-state index contributed by atoms with van der Waals surface area (Å²) in [6.45, 7) is 2.97. The summed E-state index contributed by atoms with van der Waals surface area (Å²) in [5.41, 5.74) is 2.20. The number of benzene rings is 2. The Hall–Kier alpha value is -1.91. The molecule has 144 valence electrons. The molecule has 2 aliphatic rings. The van der Waals surface area contributed by atoms with Gasteiger partial charge in [-0.25, -0.2) is 4.39 Å². The van der Waals surface area contributed by atoms with Gasteiger partial charge in [-0.2, -0.15) is 0 Å². The number of rotatable bonds is 5. The number of methoxy groups -OCH3 is 1. The van der Waals surface area contributed by atoms with Crippen LogP contribution in [0.4, 0.5) is 4.39 Å². The smallest absolute Gasteiger partial charge is 0.123 e. The van der Waals surface area contributed by atoms with Crippen LogP contribution in [0.1, 0.15) is 43.4 Å². The van der Waals surface area contributed by atoms with Crippen molar-refractivity contribution in [2.24, 2.45) is 11.8 Å². The SMILES string of the molecule is COc1ccc(F)cc1CNC1C2CCC(C)C(C2)NC1c1ccccc1. The third-order valence-electron chi connectivity index (χ3n) is 6.43. The third kappa shape index (κ3) is 3.87. The first-order valence-corrected chi connectivity index (χ1v) is 10.0. The molecular formula is C23H29FN2O. The second-order valence-electron chi connectivity index (χ2n) is 8.07. The third-order valence-corrected chi connectivity index (χ3v) is 6.43. The summed E-state index contributed by atoms with van der Waals surface area (Å²) < 4.78 is 19.2. The summed E-state index contributed by atoms with van der Waals surface area (Å²) in [4.78, 5) is 0. The zero-order chi connectivity index (χ0) is 18.8. The van der Waals surface area contributed by atoms with Gasteiger partial charge in [0.15, 0.2) is 0 Å². The first kappa shape index (κ1) is 18.5. The molecule has 2 aromatic rings. The van der Waals surface area contributed by atoms with Gasteiger partial charge in [0, 0.05) is 30.2 Å². The molecule has 1 heterocycles. The highest BCUT2D eigenvalue weighted by molar-refractivity contribution is 5.34. The Bertz CT molecular complexity index is 766. The Labute approximate surface area is 161 Å². The molecule has 2 fully saturated rings. The van der Waals surface area contributed by atoms with E-state index in [-0.39, 0.29) is 11.9 Å². The fourth-order valence-electron chi connectivity index (χ4n) is 4.88. The average molecular weight is 368 g/mol. The summed E-state index contributed by atoms with van der Waals surface area (Å²) >= 11 is 0. The van der Waals surface area contributed by atoms with Crippen LogP contribution in [0.25, 0.3) is 0 Å². The van der Waals surface area contributed by atoms with Gasteiger partial charge >= 0.3 is 0 Å². The van der Waals surface area contributed by atoms with Crippen molar-refractivity contribution in [3.8, 4) is 5.75 Å². The summed E-state index contributed by atoms with van der Waals surface area (Å²) in [6, 6.07) is 16.6. The lowest BCUT2D eigenvalue weighted by molar-refractivity contribution is 0.0931. The molecule has 1 aliphatic heterocycles. The molecule has 4 rings (SSSR count). The minimum atomic E-state index is -0.222. The molecule has 5 unspecified atom stereocenters. The van der Waals surface area contributed by atoms with E-state index in [2.05, 4.69) is 47.9 Å². The van der Waals surface area contributed by atoms with Crippen LogP contribution in [0.15, 0.2) is 48.5 Å². The number of ether oxygens (including phenoxy) is 1. The van der Waals surface area contributed by atoms with E-state index in [0.29, 0.717) is 24.5 Å². The second kappa shape index (κ2) is 7.99. The van der Waals surface area contributed by atoms with Gasteiger partial charge in [-0.05, 0) is 54.9 Å². The van der Waals surface area contributed by atoms with Gasteiger partial charge in [-0.1, -0.05) is 37.3 Å². The van der Waals surface area contributed by atoms with E-state index in [4.69, 9.17) is 4.74 Å². The summed E-state index contributed by atoms with van der Waals surface area (Å²) in [6.07, 6.45) is 3.73. The van der Waals surface area contributed by atoms with Gasteiger partial charge < -0.3 is 15.4 Å². The van der Waals surface area contributed by atoms with E-state index < -0.39 is 0 Å². The monoisotopic (exact) mass is 368 g/mol. The minimum Gasteiger partial charge on any atom is -0.496 e. The van der Waals surface area contributed by atoms with Gasteiger partial charge in [0.1, 0.15) is 11.6 Å². The molecule has 1 saturated carbocycles. The van der Waals surface area contributed by atoms with Gasteiger partial charge in [-0.3, -0.25) is 0 Å². The van der Waals surface area contributed by atoms with Crippen LogP contribution in [0.5, 0.6) is 5.75 Å². The maximum absolute atomic E-state index is 13.7. The Kier molecular flexibility index (Phi) is 5.46. The summed E-state index contributed by atoms with van der Waals surface area (Å²) in [5, 5.41) is 7.66. The number of fused-ring (bicyclic) bond motifs is 2.